The van der Waals surface area contributed by atoms with Gasteiger partial charge in [0.15, 0.2) is 0 Å². The highest BCUT2D eigenvalue weighted by Gasteiger charge is 2.40. The summed E-state index contributed by atoms with van der Waals surface area (Å²) in [6.07, 6.45) is 8.77. The summed E-state index contributed by atoms with van der Waals surface area (Å²) in [6, 6.07) is 6.79. The molecule has 0 aromatic heterocycles. The quantitative estimate of drug-likeness (QED) is 0.803. The molecule has 0 atom stereocenters. The molecule has 1 aromatic carbocycles. The van der Waals surface area contributed by atoms with E-state index in [2.05, 4.69) is 9.80 Å². The van der Waals surface area contributed by atoms with Gasteiger partial charge in [-0.05, 0) is 55.7 Å². The molecular formula is C20H29ClN2O. The second-order valence-electron chi connectivity index (χ2n) is 7.71. The van der Waals surface area contributed by atoms with E-state index in [1.807, 2.05) is 18.2 Å². The van der Waals surface area contributed by atoms with Crippen LogP contribution < -0.4 is 9.64 Å². The zero-order valence-electron chi connectivity index (χ0n) is 14.7. The molecule has 1 heterocycles. The summed E-state index contributed by atoms with van der Waals surface area (Å²) >= 11 is 6.22. The van der Waals surface area contributed by atoms with Crippen LogP contribution in [0.2, 0.25) is 5.02 Å². The van der Waals surface area contributed by atoms with Gasteiger partial charge in [0.05, 0.1) is 12.8 Å². The molecule has 24 heavy (non-hydrogen) atoms. The second kappa shape index (κ2) is 7.13. The Bertz CT molecular complexity index is 549. The molecule has 132 valence electrons. The molecule has 2 bridgehead atoms. The van der Waals surface area contributed by atoms with Crippen LogP contribution in [0.4, 0.5) is 5.69 Å². The van der Waals surface area contributed by atoms with Gasteiger partial charge in [-0.2, -0.15) is 0 Å². The highest BCUT2D eigenvalue weighted by molar-refractivity contribution is 6.30. The van der Waals surface area contributed by atoms with Gasteiger partial charge in [0.2, 0.25) is 0 Å². The largest absolute Gasteiger partial charge is 0.495 e. The van der Waals surface area contributed by atoms with Crippen LogP contribution in [0, 0.1) is 11.8 Å². The smallest absolute Gasteiger partial charge is 0.142 e. The van der Waals surface area contributed by atoms with E-state index in [1.165, 1.54) is 51.6 Å². The fourth-order valence-corrected chi connectivity index (χ4v) is 5.57. The first-order valence-electron chi connectivity index (χ1n) is 9.59. The van der Waals surface area contributed by atoms with E-state index in [1.54, 1.807) is 7.11 Å². The van der Waals surface area contributed by atoms with Crippen molar-refractivity contribution < 1.29 is 4.74 Å². The van der Waals surface area contributed by atoms with Crippen LogP contribution in [-0.4, -0.2) is 44.2 Å². The van der Waals surface area contributed by atoms with Crippen LogP contribution in [0.5, 0.6) is 5.75 Å². The maximum atomic E-state index is 6.22. The Labute approximate surface area is 150 Å². The Morgan fingerprint density at radius 3 is 2.17 bits per heavy atom. The number of hydrogen-bond acceptors (Lipinski definition) is 3. The number of piperazine rings is 1. The van der Waals surface area contributed by atoms with E-state index in [0.717, 1.165) is 47.4 Å². The van der Waals surface area contributed by atoms with Crippen LogP contribution in [0.25, 0.3) is 0 Å². The predicted molar refractivity (Wildman–Crippen MR) is 100 cm³/mol. The maximum Gasteiger partial charge on any atom is 0.142 e. The average Bonchev–Trinajstić information content (AvgIpc) is 2.61. The van der Waals surface area contributed by atoms with Crippen molar-refractivity contribution in [1.82, 2.24) is 4.90 Å². The van der Waals surface area contributed by atoms with Crippen molar-refractivity contribution in [3.05, 3.63) is 23.2 Å². The van der Waals surface area contributed by atoms with Crippen LogP contribution in [0.15, 0.2) is 18.2 Å². The number of ether oxygens (including phenoxy) is 1. The molecular weight excluding hydrogens is 320 g/mol. The number of anilines is 1. The van der Waals surface area contributed by atoms with Crippen molar-refractivity contribution >= 4 is 17.3 Å². The normalized spacial score (nSPS) is 31.1. The number of nitrogens with zero attached hydrogens (tertiary/aromatic N) is 2. The van der Waals surface area contributed by atoms with Gasteiger partial charge >= 0.3 is 0 Å². The third kappa shape index (κ3) is 3.13. The van der Waals surface area contributed by atoms with E-state index in [-0.39, 0.29) is 0 Å². The number of hydrogen-bond donors (Lipinski definition) is 0. The Morgan fingerprint density at radius 1 is 0.958 bits per heavy atom. The van der Waals surface area contributed by atoms with Gasteiger partial charge in [-0.15, -0.1) is 0 Å². The van der Waals surface area contributed by atoms with E-state index in [4.69, 9.17) is 16.3 Å². The van der Waals surface area contributed by atoms with E-state index in [9.17, 15) is 0 Å². The van der Waals surface area contributed by atoms with E-state index in [0.29, 0.717) is 0 Å². The average molecular weight is 349 g/mol. The van der Waals surface area contributed by atoms with E-state index < -0.39 is 0 Å². The lowest BCUT2D eigenvalue weighted by Gasteiger charge is -2.50. The molecule has 0 radical (unpaired) electrons. The van der Waals surface area contributed by atoms with Crippen LogP contribution in [0.3, 0.4) is 0 Å². The molecule has 3 nitrogen and oxygen atoms in total. The van der Waals surface area contributed by atoms with Crippen molar-refractivity contribution in [2.45, 2.75) is 44.6 Å². The Kier molecular flexibility index (Phi) is 4.91. The Balaban J connectivity index is 1.44. The first kappa shape index (κ1) is 16.5. The molecule has 4 rings (SSSR count). The van der Waals surface area contributed by atoms with Crippen molar-refractivity contribution in [2.24, 2.45) is 11.8 Å². The van der Waals surface area contributed by atoms with Gasteiger partial charge in [0.25, 0.3) is 0 Å². The molecule has 1 saturated heterocycles. The summed E-state index contributed by atoms with van der Waals surface area (Å²) in [4.78, 5) is 5.25. The number of halogens is 1. The fourth-order valence-electron chi connectivity index (χ4n) is 5.41. The van der Waals surface area contributed by atoms with Gasteiger partial charge in [-0.25, -0.2) is 0 Å². The minimum Gasteiger partial charge on any atom is -0.495 e. The summed E-state index contributed by atoms with van der Waals surface area (Å²) in [5.41, 5.74) is 1.15. The van der Waals surface area contributed by atoms with E-state index >= 15 is 0 Å². The molecule has 0 spiro atoms. The SMILES string of the molecule is COc1ccc(Cl)cc1N1CCN(C2C3CCCC2CCC3)CC1. The number of methoxy groups -OCH3 is 1. The molecule has 0 unspecified atom stereocenters. The highest BCUT2D eigenvalue weighted by atomic mass is 35.5. The maximum absolute atomic E-state index is 6.22. The lowest BCUT2D eigenvalue weighted by molar-refractivity contribution is 0.0181. The zero-order valence-corrected chi connectivity index (χ0v) is 15.5. The van der Waals surface area contributed by atoms with Crippen molar-refractivity contribution in [3.63, 3.8) is 0 Å². The van der Waals surface area contributed by atoms with Crippen molar-refractivity contribution in [1.29, 1.82) is 0 Å². The lowest BCUT2D eigenvalue weighted by atomic mass is 9.68. The predicted octanol–water partition coefficient (Wildman–Crippen LogP) is 4.44. The van der Waals surface area contributed by atoms with Crippen molar-refractivity contribution in [2.75, 3.05) is 38.2 Å². The molecule has 1 aromatic rings. The third-order valence-electron chi connectivity index (χ3n) is 6.48. The first-order chi connectivity index (χ1) is 11.8. The standard InChI is InChI=1S/C20H29ClN2O/c1-24-19-9-8-17(21)14-18(19)22-10-12-23(13-11-22)20-15-4-2-5-16(20)7-3-6-15/h8-9,14-16,20H,2-7,10-13H2,1H3. The molecule has 1 aliphatic heterocycles. The number of rotatable bonds is 3. The summed E-state index contributed by atoms with van der Waals surface area (Å²) in [7, 11) is 1.74. The van der Waals surface area contributed by atoms with Gasteiger partial charge in [0.1, 0.15) is 5.75 Å². The third-order valence-corrected chi connectivity index (χ3v) is 6.72. The Hall–Kier alpha value is -0.930. The zero-order chi connectivity index (χ0) is 16.5. The van der Waals surface area contributed by atoms with Crippen LogP contribution in [0.1, 0.15) is 38.5 Å². The molecule has 2 saturated carbocycles. The van der Waals surface area contributed by atoms with Crippen LogP contribution >= 0.6 is 11.6 Å². The van der Waals surface area contributed by atoms with Gasteiger partial charge < -0.3 is 9.64 Å². The second-order valence-corrected chi connectivity index (χ2v) is 8.15. The molecule has 2 aliphatic carbocycles. The molecule has 4 heteroatoms. The molecule has 3 fully saturated rings. The summed E-state index contributed by atoms with van der Waals surface area (Å²) in [5, 5.41) is 0.787. The lowest BCUT2D eigenvalue weighted by Crippen LogP contribution is -2.56. The highest BCUT2D eigenvalue weighted by Crippen LogP contribution is 2.43. The Morgan fingerprint density at radius 2 is 1.58 bits per heavy atom. The first-order valence-corrected chi connectivity index (χ1v) is 9.96. The van der Waals surface area contributed by atoms with Crippen LogP contribution in [-0.2, 0) is 0 Å². The fraction of sp³-hybridized carbons (Fsp3) is 0.700. The summed E-state index contributed by atoms with van der Waals surface area (Å²) in [6.45, 7) is 4.50. The molecule has 3 aliphatic rings. The van der Waals surface area contributed by atoms with Gasteiger partial charge in [-0.3, -0.25) is 4.90 Å². The molecule has 0 N–H and O–H groups in total. The molecule has 0 amide bonds. The van der Waals surface area contributed by atoms with Gasteiger partial charge in [-0.1, -0.05) is 24.4 Å². The summed E-state index contributed by atoms with van der Waals surface area (Å²) < 4.78 is 5.54. The number of fused-ring (bicyclic) bond motifs is 2. The van der Waals surface area contributed by atoms with Gasteiger partial charge in [0, 0.05) is 37.2 Å². The summed E-state index contributed by atoms with van der Waals surface area (Å²) in [5.74, 6) is 2.86. The minimum atomic E-state index is 0.787. The number of benzene rings is 1. The minimum absolute atomic E-state index is 0.787. The monoisotopic (exact) mass is 348 g/mol. The van der Waals surface area contributed by atoms with Crippen molar-refractivity contribution in [3.8, 4) is 5.75 Å². The topological polar surface area (TPSA) is 15.7 Å².